The molecule has 1 aromatic heterocycles. The predicted octanol–water partition coefficient (Wildman–Crippen LogP) is 2.76. The minimum absolute atomic E-state index is 0.0628. The monoisotopic (exact) mass is 320 g/mol. The lowest BCUT2D eigenvalue weighted by Crippen LogP contribution is -2.21. The van der Waals surface area contributed by atoms with Crippen molar-refractivity contribution in [2.24, 2.45) is 0 Å². The predicted molar refractivity (Wildman–Crippen MR) is 81.1 cm³/mol. The van der Waals surface area contributed by atoms with Gasteiger partial charge in [-0.1, -0.05) is 12.1 Å². The third-order valence-electron chi connectivity index (χ3n) is 2.68. The highest BCUT2D eigenvalue weighted by atomic mass is 32.1. The maximum Gasteiger partial charge on any atom is 0.348 e. The van der Waals surface area contributed by atoms with E-state index in [0.29, 0.717) is 10.4 Å². The first kappa shape index (κ1) is 15.6. The van der Waals surface area contributed by atoms with Crippen LogP contribution in [0.5, 0.6) is 0 Å². The van der Waals surface area contributed by atoms with Crippen molar-refractivity contribution in [3.8, 4) is 0 Å². The molecule has 0 aliphatic heterocycles. The van der Waals surface area contributed by atoms with Gasteiger partial charge in [-0.15, -0.1) is 11.3 Å². The van der Waals surface area contributed by atoms with Crippen molar-refractivity contribution in [1.82, 2.24) is 0 Å². The number of benzene rings is 1. The number of nitro groups is 1. The second kappa shape index (κ2) is 6.81. The molecule has 0 spiro atoms. The number of carbonyl (C=O) groups is 2. The highest BCUT2D eigenvalue weighted by Gasteiger charge is 2.17. The Morgan fingerprint density at radius 3 is 2.77 bits per heavy atom. The number of nitro benzene ring substituents is 1. The van der Waals surface area contributed by atoms with E-state index in [-0.39, 0.29) is 11.4 Å². The van der Waals surface area contributed by atoms with Crippen molar-refractivity contribution in [2.75, 3.05) is 11.9 Å². The quantitative estimate of drug-likeness (QED) is 0.519. The summed E-state index contributed by atoms with van der Waals surface area (Å²) in [5.41, 5.74) is 0.555. The summed E-state index contributed by atoms with van der Waals surface area (Å²) in [4.78, 5) is 34.1. The molecule has 8 heteroatoms. The number of esters is 1. The summed E-state index contributed by atoms with van der Waals surface area (Å²) >= 11 is 1.20. The number of anilines is 1. The average Bonchev–Trinajstić information content (AvgIpc) is 3.00. The number of rotatable bonds is 5. The number of carbonyl (C=O) groups excluding carboxylic acids is 2. The molecule has 1 heterocycles. The lowest BCUT2D eigenvalue weighted by atomic mass is 10.2. The van der Waals surface area contributed by atoms with Gasteiger partial charge in [0.25, 0.3) is 11.6 Å². The zero-order valence-electron chi connectivity index (χ0n) is 11.6. The molecular formula is C14H12N2O5S. The number of amides is 1. The number of nitrogens with one attached hydrogen (secondary N) is 1. The van der Waals surface area contributed by atoms with Gasteiger partial charge in [0.05, 0.1) is 4.92 Å². The third kappa shape index (κ3) is 3.89. The van der Waals surface area contributed by atoms with Gasteiger partial charge >= 0.3 is 5.97 Å². The molecule has 0 radical (unpaired) electrons. The van der Waals surface area contributed by atoms with Gasteiger partial charge in [-0.2, -0.15) is 0 Å². The van der Waals surface area contributed by atoms with Crippen LogP contribution in [0.4, 0.5) is 11.4 Å². The molecule has 2 rings (SSSR count). The molecule has 7 nitrogen and oxygen atoms in total. The van der Waals surface area contributed by atoms with Crippen molar-refractivity contribution in [3.63, 3.8) is 0 Å². The van der Waals surface area contributed by atoms with Crippen LogP contribution < -0.4 is 5.32 Å². The van der Waals surface area contributed by atoms with Gasteiger partial charge in [0, 0.05) is 6.07 Å². The molecule has 0 unspecified atom stereocenters. The topological polar surface area (TPSA) is 98.5 Å². The second-order valence-corrected chi connectivity index (χ2v) is 5.33. The van der Waals surface area contributed by atoms with E-state index >= 15 is 0 Å². The Bertz CT molecular complexity index is 712. The van der Waals surface area contributed by atoms with Gasteiger partial charge < -0.3 is 10.1 Å². The van der Waals surface area contributed by atoms with E-state index in [2.05, 4.69) is 5.32 Å². The van der Waals surface area contributed by atoms with Gasteiger partial charge in [-0.05, 0) is 30.0 Å². The standard InChI is InChI=1S/C14H12N2O5S/c1-9-4-5-10(11(7-9)16(19)20)15-13(17)8-21-14(18)12-3-2-6-22-12/h2-7H,8H2,1H3,(H,15,17). The average molecular weight is 320 g/mol. The third-order valence-corrected chi connectivity index (χ3v) is 3.53. The fourth-order valence-corrected chi connectivity index (χ4v) is 2.30. The maximum atomic E-state index is 11.7. The molecule has 0 aliphatic carbocycles. The van der Waals surface area contributed by atoms with Crippen LogP contribution in [0.3, 0.4) is 0 Å². The van der Waals surface area contributed by atoms with E-state index in [1.165, 1.54) is 23.5 Å². The molecule has 2 aromatic rings. The molecule has 22 heavy (non-hydrogen) atoms. The van der Waals surface area contributed by atoms with Crippen LogP contribution in [0.25, 0.3) is 0 Å². The van der Waals surface area contributed by atoms with Gasteiger partial charge in [0.15, 0.2) is 6.61 Å². The number of nitrogens with zero attached hydrogens (tertiary/aromatic N) is 1. The van der Waals surface area contributed by atoms with Crippen LogP contribution in [0.2, 0.25) is 0 Å². The van der Waals surface area contributed by atoms with Gasteiger partial charge in [-0.25, -0.2) is 4.79 Å². The molecule has 0 aliphatic rings. The van der Waals surface area contributed by atoms with Gasteiger partial charge in [0.2, 0.25) is 0 Å². The van der Waals surface area contributed by atoms with Crippen LogP contribution in [-0.2, 0) is 9.53 Å². The smallest absolute Gasteiger partial charge is 0.348 e. The second-order valence-electron chi connectivity index (χ2n) is 4.38. The SMILES string of the molecule is Cc1ccc(NC(=O)COC(=O)c2cccs2)c([N+](=O)[O-])c1. The fourth-order valence-electron chi connectivity index (χ4n) is 1.68. The summed E-state index contributed by atoms with van der Waals surface area (Å²) in [7, 11) is 0. The van der Waals surface area contributed by atoms with Crippen LogP contribution in [-0.4, -0.2) is 23.4 Å². The van der Waals surface area contributed by atoms with E-state index in [1.54, 1.807) is 30.5 Å². The molecule has 1 aromatic carbocycles. The highest BCUT2D eigenvalue weighted by molar-refractivity contribution is 7.11. The number of thiophene rings is 1. The van der Waals surface area contributed by atoms with E-state index in [4.69, 9.17) is 4.74 Å². The Kier molecular flexibility index (Phi) is 4.84. The molecule has 0 atom stereocenters. The normalized spacial score (nSPS) is 10.0. The lowest BCUT2D eigenvalue weighted by Gasteiger charge is -2.07. The van der Waals surface area contributed by atoms with Crippen molar-refractivity contribution >= 4 is 34.6 Å². The van der Waals surface area contributed by atoms with Crippen LogP contribution >= 0.6 is 11.3 Å². The summed E-state index contributed by atoms with van der Waals surface area (Å²) in [6.45, 7) is 1.20. The summed E-state index contributed by atoms with van der Waals surface area (Å²) in [6.07, 6.45) is 0. The minimum Gasteiger partial charge on any atom is -0.451 e. The fraction of sp³-hybridized carbons (Fsp3) is 0.143. The first-order chi connectivity index (χ1) is 10.5. The summed E-state index contributed by atoms with van der Waals surface area (Å²) < 4.78 is 4.83. The number of hydrogen-bond donors (Lipinski definition) is 1. The first-order valence-electron chi connectivity index (χ1n) is 6.23. The van der Waals surface area contributed by atoms with Crippen molar-refractivity contribution in [3.05, 3.63) is 56.3 Å². The largest absolute Gasteiger partial charge is 0.451 e. The number of aryl methyl sites for hydroxylation is 1. The van der Waals surface area contributed by atoms with Crippen molar-refractivity contribution in [1.29, 1.82) is 0 Å². The zero-order chi connectivity index (χ0) is 16.1. The van der Waals surface area contributed by atoms with E-state index < -0.39 is 23.4 Å². The summed E-state index contributed by atoms with van der Waals surface area (Å²) in [5, 5.41) is 15.0. The van der Waals surface area contributed by atoms with Crippen LogP contribution in [0.15, 0.2) is 35.7 Å². The van der Waals surface area contributed by atoms with E-state index in [0.717, 1.165) is 0 Å². The zero-order valence-corrected chi connectivity index (χ0v) is 12.4. The molecule has 114 valence electrons. The van der Waals surface area contributed by atoms with Crippen molar-refractivity contribution in [2.45, 2.75) is 6.92 Å². The summed E-state index contributed by atoms with van der Waals surface area (Å²) in [5.74, 6) is -1.25. The van der Waals surface area contributed by atoms with Crippen molar-refractivity contribution < 1.29 is 19.2 Å². The molecular weight excluding hydrogens is 308 g/mol. The Balaban J connectivity index is 1.98. The van der Waals surface area contributed by atoms with Gasteiger partial charge in [0.1, 0.15) is 10.6 Å². The lowest BCUT2D eigenvalue weighted by molar-refractivity contribution is -0.384. The summed E-state index contributed by atoms with van der Waals surface area (Å²) in [6, 6.07) is 7.70. The van der Waals surface area contributed by atoms with Crippen LogP contribution in [0.1, 0.15) is 15.2 Å². The van der Waals surface area contributed by atoms with E-state index in [1.807, 2.05) is 0 Å². The molecule has 0 fully saturated rings. The molecule has 1 N–H and O–H groups in total. The number of hydrogen-bond acceptors (Lipinski definition) is 6. The molecule has 0 bridgehead atoms. The minimum atomic E-state index is -0.642. The van der Waals surface area contributed by atoms with Gasteiger partial charge in [-0.3, -0.25) is 14.9 Å². The molecule has 0 saturated heterocycles. The Labute approximate surface area is 129 Å². The first-order valence-corrected chi connectivity index (χ1v) is 7.11. The Morgan fingerprint density at radius 1 is 1.36 bits per heavy atom. The molecule has 1 amide bonds. The van der Waals surface area contributed by atoms with Crippen LogP contribution in [0, 0.1) is 17.0 Å². The highest BCUT2D eigenvalue weighted by Crippen LogP contribution is 2.25. The molecule has 0 saturated carbocycles. The Hall–Kier alpha value is -2.74. The maximum absolute atomic E-state index is 11.7. The van der Waals surface area contributed by atoms with E-state index in [9.17, 15) is 19.7 Å². The Morgan fingerprint density at radius 2 is 2.14 bits per heavy atom. The number of ether oxygens (including phenoxy) is 1.